The molecular weight excluding hydrogens is 272 g/mol. The van der Waals surface area contributed by atoms with Crippen molar-refractivity contribution in [3.63, 3.8) is 0 Å². The molecule has 0 spiro atoms. The van der Waals surface area contributed by atoms with Gasteiger partial charge in [0.05, 0.1) is 0 Å². The van der Waals surface area contributed by atoms with Crippen molar-refractivity contribution in [2.24, 2.45) is 0 Å². The number of aryl methyl sites for hydroxylation is 1. The van der Waals surface area contributed by atoms with Crippen LogP contribution in [0.5, 0.6) is 5.75 Å². The molecule has 20 heavy (non-hydrogen) atoms. The van der Waals surface area contributed by atoms with Crippen LogP contribution in [0.1, 0.15) is 44.6 Å². The van der Waals surface area contributed by atoms with Crippen LogP contribution in [0.15, 0.2) is 24.3 Å². The van der Waals surface area contributed by atoms with Crippen LogP contribution < -0.4 is 4.74 Å². The molecule has 0 unspecified atom stereocenters. The molecule has 0 aliphatic heterocycles. The van der Waals surface area contributed by atoms with Crippen molar-refractivity contribution in [2.75, 3.05) is 0 Å². The van der Waals surface area contributed by atoms with Gasteiger partial charge in [0.2, 0.25) is 0 Å². The maximum atomic E-state index is 12.7. The molecule has 0 aliphatic carbocycles. The fourth-order valence-electron chi connectivity index (χ4n) is 1.86. The van der Waals surface area contributed by atoms with E-state index >= 15 is 0 Å². The smallest absolute Gasteiger partial charge is 0.428 e. The van der Waals surface area contributed by atoms with E-state index in [1.165, 1.54) is 31.4 Å². The summed E-state index contributed by atoms with van der Waals surface area (Å²) < 4.78 is 53.3. The number of ether oxygens (including phenoxy) is 1. The van der Waals surface area contributed by atoms with Gasteiger partial charge in [-0.25, -0.2) is 0 Å². The first kappa shape index (κ1) is 16.8. The first-order valence-corrected chi connectivity index (χ1v) is 6.89. The lowest BCUT2D eigenvalue weighted by Gasteiger charge is -2.16. The number of unbranched alkanes of at least 4 members (excludes halogenated alkanes) is 4. The zero-order chi connectivity index (χ0) is 15.0. The minimum atomic E-state index is -4.44. The predicted octanol–water partition coefficient (Wildman–Crippen LogP) is 5.44. The summed E-state index contributed by atoms with van der Waals surface area (Å²) >= 11 is 0. The number of alkyl halides is 4. The van der Waals surface area contributed by atoms with Gasteiger partial charge >= 0.3 is 12.5 Å². The Labute approximate surface area is 116 Å². The largest absolute Gasteiger partial charge is 0.461 e. The highest BCUT2D eigenvalue weighted by atomic mass is 19.3. The second kappa shape index (κ2) is 8.12. The van der Waals surface area contributed by atoms with E-state index in [-0.39, 0.29) is 5.75 Å². The van der Waals surface area contributed by atoms with Crippen molar-refractivity contribution < 1.29 is 22.3 Å². The molecule has 0 amide bonds. The maximum absolute atomic E-state index is 12.7. The third-order valence-electron chi connectivity index (χ3n) is 3.00. The number of benzene rings is 1. The molecule has 1 aromatic carbocycles. The van der Waals surface area contributed by atoms with Gasteiger partial charge < -0.3 is 4.74 Å². The molecule has 5 heteroatoms. The van der Waals surface area contributed by atoms with Crippen molar-refractivity contribution in [1.82, 2.24) is 0 Å². The lowest BCUT2D eigenvalue weighted by atomic mass is 10.1. The van der Waals surface area contributed by atoms with Gasteiger partial charge in [-0.3, -0.25) is 0 Å². The first-order chi connectivity index (χ1) is 9.45. The standard InChI is InChI=1S/C15H20F4O/c1-2-3-4-5-6-7-12-8-10-13(11-9-12)20-15(18,19)14(16)17/h8-11,14H,2-7H2,1H3. The molecule has 0 atom stereocenters. The van der Waals surface area contributed by atoms with Crippen molar-refractivity contribution in [2.45, 2.75) is 58.0 Å². The topological polar surface area (TPSA) is 9.23 Å². The lowest BCUT2D eigenvalue weighted by Crippen LogP contribution is -2.33. The van der Waals surface area contributed by atoms with Crippen molar-refractivity contribution in [1.29, 1.82) is 0 Å². The van der Waals surface area contributed by atoms with Crippen molar-refractivity contribution >= 4 is 0 Å². The van der Waals surface area contributed by atoms with Gasteiger partial charge in [-0.15, -0.1) is 0 Å². The maximum Gasteiger partial charge on any atom is 0.461 e. The molecule has 0 N–H and O–H groups in total. The summed E-state index contributed by atoms with van der Waals surface area (Å²) in [4.78, 5) is 0. The van der Waals surface area contributed by atoms with Crippen LogP contribution in [0.3, 0.4) is 0 Å². The van der Waals surface area contributed by atoms with Gasteiger partial charge in [0.15, 0.2) is 0 Å². The van der Waals surface area contributed by atoms with Crippen LogP contribution in [0.25, 0.3) is 0 Å². The summed E-state index contributed by atoms with van der Waals surface area (Å²) in [6.45, 7) is 2.15. The van der Waals surface area contributed by atoms with Gasteiger partial charge in [0.25, 0.3) is 0 Å². The molecule has 0 heterocycles. The van der Waals surface area contributed by atoms with Crippen molar-refractivity contribution in [3.8, 4) is 5.75 Å². The minimum absolute atomic E-state index is 0.245. The van der Waals surface area contributed by atoms with Gasteiger partial charge in [-0.2, -0.15) is 17.6 Å². The van der Waals surface area contributed by atoms with E-state index in [1.807, 2.05) is 0 Å². The highest BCUT2D eigenvalue weighted by molar-refractivity contribution is 5.27. The molecule has 0 aliphatic rings. The zero-order valence-electron chi connectivity index (χ0n) is 11.5. The second-order valence-electron chi connectivity index (χ2n) is 4.77. The number of hydrogen-bond donors (Lipinski definition) is 0. The molecule has 114 valence electrons. The normalized spacial score (nSPS) is 11.9. The average molecular weight is 292 g/mol. The summed E-state index contributed by atoms with van der Waals surface area (Å²) in [5.41, 5.74) is 0.995. The van der Waals surface area contributed by atoms with Gasteiger partial charge in [-0.1, -0.05) is 44.7 Å². The molecule has 1 nitrogen and oxygen atoms in total. The Morgan fingerprint density at radius 3 is 2.15 bits per heavy atom. The van der Waals surface area contributed by atoms with Crippen molar-refractivity contribution in [3.05, 3.63) is 29.8 Å². The van der Waals surface area contributed by atoms with Crippen LogP contribution in [0.2, 0.25) is 0 Å². The zero-order valence-corrected chi connectivity index (χ0v) is 11.5. The van der Waals surface area contributed by atoms with E-state index in [0.717, 1.165) is 24.8 Å². The Morgan fingerprint density at radius 2 is 1.60 bits per heavy atom. The Hall–Kier alpha value is -1.26. The molecular formula is C15H20F4O. The van der Waals surface area contributed by atoms with Crippen LogP contribution in [0, 0.1) is 0 Å². The SMILES string of the molecule is CCCCCCCc1ccc(OC(F)(F)C(F)F)cc1. The summed E-state index contributed by atoms with van der Waals surface area (Å²) in [6.07, 6.45) is -1.65. The summed E-state index contributed by atoms with van der Waals surface area (Å²) in [7, 11) is 0. The summed E-state index contributed by atoms with van der Waals surface area (Å²) in [6, 6.07) is 5.88. The summed E-state index contributed by atoms with van der Waals surface area (Å²) in [5.74, 6) is -0.245. The molecule has 0 saturated carbocycles. The summed E-state index contributed by atoms with van der Waals surface area (Å²) in [5, 5.41) is 0. The molecule has 0 fully saturated rings. The van der Waals surface area contributed by atoms with Gasteiger partial charge in [-0.05, 0) is 30.5 Å². The van der Waals surface area contributed by atoms with Crippen LogP contribution >= 0.6 is 0 Å². The predicted molar refractivity (Wildman–Crippen MR) is 70.5 cm³/mol. The Balaban J connectivity index is 2.40. The fraction of sp³-hybridized carbons (Fsp3) is 0.600. The van der Waals surface area contributed by atoms with E-state index in [9.17, 15) is 17.6 Å². The van der Waals surface area contributed by atoms with E-state index < -0.39 is 12.5 Å². The first-order valence-electron chi connectivity index (χ1n) is 6.89. The molecule has 1 aromatic rings. The monoisotopic (exact) mass is 292 g/mol. The Bertz CT molecular complexity index is 376. The molecule has 0 bridgehead atoms. The molecule has 0 radical (unpaired) electrons. The number of hydrogen-bond acceptors (Lipinski definition) is 1. The Morgan fingerprint density at radius 1 is 1.00 bits per heavy atom. The lowest BCUT2D eigenvalue weighted by molar-refractivity contribution is -0.253. The quantitative estimate of drug-likeness (QED) is 0.435. The van der Waals surface area contributed by atoms with E-state index in [4.69, 9.17) is 0 Å². The Kier molecular flexibility index (Phi) is 6.82. The number of halogens is 4. The third-order valence-corrected chi connectivity index (χ3v) is 3.00. The van der Waals surface area contributed by atoms with Crippen LogP contribution in [0.4, 0.5) is 17.6 Å². The van der Waals surface area contributed by atoms with Crippen LogP contribution in [-0.4, -0.2) is 12.5 Å². The van der Waals surface area contributed by atoms with E-state index in [2.05, 4.69) is 11.7 Å². The molecule has 1 rings (SSSR count). The highest BCUT2D eigenvalue weighted by Gasteiger charge is 2.43. The highest BCUT2D eigenvalue weighted by Crippen LogP contribution is 2.27. The molecule has 0 saturated heterocycles. The average Bonchev–Trinajstić information content (AvgIpc) is 2.40. The minimum Gasteiger partial charge on any atom is -0.428 e. The van der Waals surface area contributed by atoms with E-state index in [0.29, 0.717) is 0 Å². The van der Waals surface area contributed by atoms with Gasteiger partial charge in [0, 0.05) is 0 Å². The third kappa shape index (κ3) is 5.80. The van der Waals surface area contributed by atoms with Crippen LogP contribution in [-0.2, 0) is 6.42 Å². The van der Waals surface area contributed by atoms with E-state index in [1.54, 1.807) is 12.1 Å². The fourth-order valence-corrected chi connectivity index (χ4v) is 1.86. The molecule has 0 aromatic heterocycles. The number of rotatable bonds is 9. The van der Waals surface area contributed by atoms with Gasteiger partial charge in [0.1, 0.15) is 5.75 Å². The second-order valence-corrected chi connectivity index (χ2v) is 4.77.